The van der Waals surface area contributed by atoms with E-state index >= 15 is 0 Å². The van der Waals surface area contributed by atoms with Gasteiger partial charge in [-0.25, -0.2) is 0 Å². The number of aromatic nitrogens is 2. The van der Waals surface area contributed by atoms with Gasteiger partial charge in [-0.1, -0.05) is 18.2 Å². The molecule has 0 aliphatic heterocycles. The van der Waals surface area contributed by atoms with E-state index in [4.69, 9.17) is 10.5 Å². The molecule has 0 radical (unpaired) electrons. The third kappa shape index (κ3) is 5.09. The number of hydrogen-bond acceptors (Lipinski definition) is 7. The van der Waals surface area contributed by atoms with E-state index in [2.05, 4.69) is 15.3 Å². The van der Waals surface area contributed by atoms with Crippen molar-refractivity contribution in [1.82, 2.24) is 9.97 Å². The summed E-state index contributed by atoms with van der Waals surface area (Å²) in [5.74, 6) is -0.540. The maximum atomic E-state index is 12.8. The van der Waals surface area contributed by atoms with Crippen LogP contribution in [0.15, 0.2) is 24.3 Å². The van der Waals surface area contributed by atoms with Gasteiger partial charge in [0.05, 0.1) is 18.2 Å². The molecule has 0 amide bonds. The van der Waals surface area contributed by atoms with Crippen LogP contribution in [0.1, 0.15) is 30.5 Å². The molecule has 148 valence electrons. The van der Waals surface area contributed by atoms with Gasteiger partial charge in [0.2, 0.25) is 11.8 Å². The van der Waals surface area contributed by atoms with Crippen molar-refractivity contribution in [3.8, 4) is 11.9 Å². The second-order valence-corrected chi connectivity index (χ2v) is 5.86. The fraction of sp³-hybridized carbons (Fsp3) is 0.333. The zero-order valence-electron chi connectivity index (χ0n) is 15.2. The monoisotopic (exact) mass is 393 g/mol. The van der Waals surface area contributed by atoms with E-state index in [1.807, 2.05) is 6.07 Å². The normalized spacial score (nSPS) is 12.1. The lowest BCUT2D eigenvalue weighted by atomic mass is 10.0. The van der Waals surface area contributed by atoms with Gasteiger partial charge in [-0.05, 0) is 25.5 Å². The van der Waals surface area contributed by atoms with Crippen molar-refractivity contribution in [3.63, 3.8) is 0 Å². The molecule has 3 N–H and O–H groups in total. The number of ketones is 1. The molecule has 0 saturated carbocycles. The van der Waals surface area contributed by atoms with Gasteiger partial charge < -0.3 is 15.8 Å². The Morgan fingerprint density at radius 3 is 2.71 bits per heavy atom. The van der Waals surface area contributed by atoms with Crippen molar-refractivity contribution in [2.24, 2.45) is 0 Å². The number of Topliss-reactive ketones (excluding diaryl/α,β-unsaturated/α-hetero) is 1. The molecular weight excluding hydrogens is 375 g/mol. The first-order valence-electron chi connectivity index (χ1n) is 8.31. The van der Waals surface area contributed by atoms with Crippen LogP contribution in [0.3, 0.4) is 0 Å². The number of nitrogens with one attached hydrogen (secondary N) is 1. The standard InChI is InChI=1S/C18H18F3N5O2/c1-3-28-16-13(9-22)15(25-17(23)26-16)24-10(2)14(27)8-11-5-4-6-12(7-11)18(19,20)21/h4-7,10H,3,8H2,1-2H3,(H3,23,24,25,26)/t10-/m0/s1. The Morgan fingerprint density at radius 1 is 1.39 bits per heavy atom. The number of carbonyl (C=O) groups excluding carboxylic acids is 1. The Morgan fingerprint density at radius 2 is 2.11 bits per heavy atom. The molecule has 1 atom stereocenters. The Hall–Kier alpha value is -3.35. The molecule has 10 heteroatoms. The highest BCUT2D eigenvalue weighted by molar-refractivity contribution is 5.88. The van der Waals surface area contributed by atoms with Gasteiger partial charge in [0, 0.05) is 6.42 Å². The van der Waals surface area contributed by atoms with Gasteiger partial charge in [0.1, 0.15) is 6.07 Å². The zero-order chi connectivity index (χ0) is 20.9. The second kappa shape index (κ2) is 8.56. The molecule has 0 aliphatic rings. The first-order valence-corrected chi connectivity index (χ1v) is 8.31. The van der Waals surface area contributed by atoms with Crippen LogP contribution in [0.4, 0.5) is 24.9 Å². The Balaban J connectivity index is 2.18. The van der Waals surface area contributed by atoms with Crippen LogP contribution in [-0.4, -0.2) is 28.4 Å². The fourth-order valence-corrected chi connectivity index (χ4v) is 2.40. The number of hydrogen-bond donors (Lipinski definition) is 2. The van der Waals surface area contributed by atoms with Crippen LogP contribution in [0, 0.1) is 11.3 Å². The summed E-state index contributed by atoms with van der Waals surface area (Å²) in [5, 5.41) is 12.1. The zero-order valence-corrected chi connectivity index (χ0v) is 15.2. The van der Waals surface area contributed by atoms with Crippen molar-refractivity contribution in [2.75, 3.05) is 17.7 Å². The van der Waals surface area contributed by atoms with Gasteiger partial charge in [-0.15, -0.1) is 0 Å². The molecule has 2 rings (SSSR count). The highest BCUT2D eigenvalue weighted by atomic mass is 19.4. The number of nitrogens with two attached hydrogens (primary N) is 1. The van der Waals surface area contributed by atoms with E-state index in [1.165, 1.54) is 19.1 Å². The van der Waals surface area contributed by atoms with E-state index in [9.17, 15) is 23.2 Å². The molecule has 0 bridgehead atoms. The highest BCUT2D eigenvalue weighted by Crippen LogP contribution is 2.30. The molecule has 0 aliphatic carbocycles. The molecule has 1 aromatic heterocycles. The van der Waals surface area contributed by atoms with E-state index in [0.717, 1.165) is 12.1 Å². The first-order chi connectivity index (χ1) is 13.2. The number of nitrogen functional groups attached to an aromatic ring is 1. The molecule has 1 heterocycles. The van der Waals surface area contributed by atoms with Crippen LogP contribution in [0.25, 0.3) is 0 Å². The number of alkyl halides is 3. The predicted molar refractivity (Wildman–Crippen MR) is 95.6 cm³/mol. The van der Waals surface area contributed by atoms with Gasteiger partial charge >= 0.3 is 6.18 Å². The van der Waals surface area contributed by atoms with Crippen LogP contribution in [0.5, 0.6) is 5.88 Å². The summed E-state index contributed by atoms with van der Waals surface area (Å²) in [5.41, 5.74) is 4.99. The van der Waals surface area contributed by atoms with Gasteiger partial charge in [0.25, 0.3) is 0 Å². The quantitative estimate of drug-likeness (QED) is 0.743. The number of rotatable bonds is 7. The number of carbonyl (C=O) groups is 1. The SMILES string of the molecule is CCOc1nc(N)nc(N[C@@H](C)C(=O)Cc2cccc(C(F)(F)F)c2)c1C#N. The van der Waals surface area contributed by atoms with E-state index in [-0.39, 0.29) is 41.8 Å². The van der Waals surface area contributed by atoms with Crippen LogP contribution < -0.4 is 15.8 Å². The lowest BCUT2D eigenvalue weighted by Crippen LogP contribution is -2.29. The Kier molecular flexibility index (Phi) is 6.41. The molecule has 2 aromatic rings. The number of ether oxygens (including phenoxy) is 1. The van der Waals surface area contributed by atoms with E-state index in [1.54, 1.807) is 6.92 Å². The molecule has 28 heavy (non-hydrogen) atoms. The topological polar surface area (TPSA) is 114 Å². The van der Waals surface area contributed by atoms with Crippen molar-refractivity contribution in [1.29, 1.82) is 5.26 Å². The Labute approximate surface area is 159 Å². The number of halogens is 3. The lowest BCUT2D eigenvalue weighted by molar-refractivity contribution is -0.137. The molecule has 1 aromatic carbocycles. The minimum atomic E-state index is -4.49. The van der Waals surface area contributed by atoms with Crippen LogP contribution in [0.2, 0.25) is 0 Å². The average molecular weight is 393 g/mol. The van der Waals surface area contributed by atoms with Crippen molar-refractivity contribution < 1.29 is 22.7 Å². The molecule has 0 unspecified atom stereocenters. The molecule has 0 fully saturated rings. The number of anilines is 2. The van der Waals surface area contributed by atoms with Gasteiger partial charge in [-0.3, -0.25) is 4.79 Å². The third-order valence-electron chi connectivity index (χ3n) is 3.75. The van der Waals surface area contributed by atoms with Crippen molar-refractivity contribution in [3.05, 3.63) is 41.0 Å². The summed E-state index contributed by atoms with van der Waals surface area (Å²) in [6.45, 7) is 3.46. The molecule has 0 spiro atoms. The molecule has 0 saturated heterocycles. The maximum Gasteiger partial charge on any atom is 0.416 e. The minimum absolute atomic E-state index is 0.0162. The summed E-state index contributed by atoms with van der Waals surface area (Å²) in [6.07, 6.45) is -4.71. The smallest absolute Gasteiger partial charge is 0.416 e. The average Bonchev–Trinajstić information content (AvgIpc) is 2.61. The summed E-state index contributed by atoms with van der Waals surface area (Å²) in [4.78, 5) is 20.2. The fourth-order valence-electron chi connectivity index (χ4n) is 2.40. The van der Waals surface area contributed by atoms with Crippen LogP contribution in [-0.2, 0) is 17.4 Å². The van der Waals surface area contributed by atoms with Crippen molar-refractivity contribution >= 4 is 17.5 Å². The molecule has 7 nitrogen and oxygen atoms in total. The summed E-state index contributed by atoms with van der Waals surface area (Å²) in [6, 6.07) is 5.61. The minimum Gasteiger partial charge on any atom is -0.477 e. The first kappa shape index (κ1) is 21.0. The predicted octanol–water partition coefficient (Wildman–Crippen LogP) is 2.96. The Bertz CT molecular complexity index is 909. The summed E-state index contributed by atoms with van der Waals surface area (Å²) < 4.78 is 43.7. The number of benzene rings is 1. The van der Waals surface area contributed by atoms with Gasteiger partial charge in [0.15, 0.2) is 17.2 Å². The second-order valence-electron chi connectivity index (χ2n) is 5.86. The maximum absolute atomic E-state index is 12.8. The molecular formula is C18H18F3N5O2. The third-order valence-corrected chi connectivity index (χ3v) is 3.75. The summed E-state index contributed by atoms with van der Waals surface area (Å²) in [7, 11) is 0. The highest BCUT2D eigenvalue weighted by Gasteiger charge is 2.30. The van der Waals surface area contributed by atoms with E-state index < -0.39 is 23.6 Å². The van der Waals surface area contributed by atoms with Gasteiger partial charge in [-0.2, -0.15) is 28.4 Å². The van der Waals surface area contributed by atoms with Crippen LogP contribution >= 0.6 is 0 Å². The lowest BCUT2D eigenvalue weighted by Gasteiger charge is -2.16. The van der Waals surface area contributed by atoms with E-state index in [0.29, 0.717) is 0 Å². The largest absolute Gasteiger partial charge is 0.477 e. The number of nitrogens with zero attached hydrogens (tertiary/aromatic N) is 3. The number of nitriles is 1. The van der Waals surface area contributed by atoms with Crippen molar-refractivity contribution in [2.45, 2.75) is 32.5 Å². The summed E-state index contributed by atoms with van der Waals surface area (Å²) >= 11 is 0.